The number of amides is 1. The van der Waals surface area contributed by atoms with Crippen molar-refractivity contribution < 1.29 is 32.3 Å². The Kier molecular flexibility index (Phi) is 6.57. The maximum atomic E-state index is 13.4. The molecular weight excluding hydrogens is 412 g/mol. The number of nitrogens with zero attached hydrogens (tertiary/aromatic N) is 2. The summed E-state index contributed by atoms with van der Waals surface area (Å²) < 4.78 is 36.5. The van der Waals surface area contributed by atoms with Gasteiger partial charge >= 0.3 is 11.9 Å². The van der Waals surface area contributed by atoms with E-state index in [4.69, 9.17) is 9.47 Å². The highest BCUT2D eigenvalue weighted by atomic mass is 32.2. The van der Waals surface area contributed by atoms with Crippen LogP contribution in [0.4, 0.5) is 0 Å². The molecule has 1 spiro atoms. The average Bonchev–Trinajstić information content (AvgIpc) is 2.97. The standard InChI is InChI=1S/C20H30N2O7S/c1-4-28-19(25)15-6-10-21(11-7-15)17(23)16-14(3)18(24)29-20(16)8-12-22(13-9-20)30(26,27)5-2/h15H,4-13H2,1-3H3. The zero-order valence-electron chi connectivity index (χ0n) is 17.8. The van der Waals surface area contributed by atoms with Gasteiger partial charge in [-0.25, -0.2) is 17.5 Å². The van der Waals surface area contributed by atoms with Crippen LogP contribution in [0.5, 0.6) is 0 Å². The van der Waals surface area contributed by atoms with E-state index in [1.807, 2.05) is 0 Å². The van der Waals surface area contributed by atoms with E-state index in [2.05, 4.69) is 0 Å². The first-order valence-electron chi connectivity index (χ1n) is 10.5. The second-order valence-electron chi connectivity index (χ2n) is 8.00. The van der Waals surface area contributed by atoms with E-state index in [9.17, 15) is 22.8 Å². The highest BCUT2D eigenvalue weighted by molar-refractivity contribution is 7.89. The van der Waals surface area contributed by atoms with E-state index >= 15 is 0 Å². The van der Waals surface area contributed by atoms with E-state index in [0.29, 0.717) is 43.7 Å². The zero-order valence-corrected chi connectivity index (χ0v) is 18.6. The predicted molar refractivity (Wildman–Crippen MR) is 108 cm³/mol. The molecule has 0 N–H and O–H groups in total. The van der Waals surface area contributed by atoms with Crippen LogP contribution in [-0.2, 0) is 33.9 Å². The van der Waals surface area contributed by atoms with Crippen LogP contribution in [0.3, 0.4) is 0 Å². The average molecular weight is 443 g/mol. The lowest BCUT2D eigenvalue weighted by atomic mass is 9.82. The van der Waals surface area contributed by atoms with Gasteiger partial charge in [-0.15, -0.1) is 0 Å². The van der Waals surface area contributed by atoms with Crippen molar-refractivity contribution in [3.63, 3.8) is 0 Å². The molecule has 0 aromatic carbocycles. The summed E-state index contributed by atoms with van der Waals surface area (Å²) >= 11 is 0. The molecule has 0 aromatic rings. The Morgan fingerprint density at radius 2 is 1.73 bits per heavy atom. The molecule has 30 heavy (non-hydrogen) atoms. The number of carbonyl (C=O) groups is 3. The van der Waals surface area contributed by atoms with Crippen molar-refractivity contribution >= 4 is 27.9 Å². The quantitative estimate of drug-likeness (QED) is 0.580. The minimum atomic E-state index is -3.33. The molecule has 2 fully saturated rings. The van der Waals surface area contributed by atoms with Crippen molar-refractivity contribution in [3.8, 4) is 0 Å². The Balaban J connectivity index is 1.73. The van der Waals surface area contributed by atoms with Crippen molar-refractivity contribution in [3.05, 3.63) is 11.1 Å². The maximum Gasteiger partial charge on any atom is 0.335 e. The Hall–Kier alpha value is -1.94. The van der Waals surface area contributed by atoms with Crippen molar-refractivity contribution in [1.29, 1.82) is 0 Å². The Bertz CT molecular complexity index is 848. The summed E-state index contributed by atoms with van der Waals surface area (Å²) in [6.07, 6.45) is 1.55. The number of hydrogen-bond acceptors (Lipinski definition) is 7. The van der Waals surface area contributed by atoms with Crippen molar-refractivity contribution in [2.24, 2.45) is 5.92 Å². The highest BCUT2D eigenvalue weighted by Crippen LogP contribution is 2.42. The molecule has 3 rings (SSSR count). The number of piperidine rings is 2. The summed E-state index contributed by atoms with van der Waals surface area (Å²) in [5, 5.41) is 0. The number of rotatable bonds is 5. The first kappa shape index (κ1) is 22.7. The Labute approximate surface area is 177 Å². The number of carbonyl (C=O) groups excluding carboxylic acids is 3. The molecule has 0 atom stereocenters. The molecular formula is C20H30N2O7S. The van der Waals surface area contributed by atoms with Crippen LogP contribution in [-0.4, -0.2) is 79.6 Å². The molecule has 1 amide bonds. The molecule has 2 saturated heterocycles. The number of sulfonamides is 1. The molecule has 0 saturated carbocycles. The summed E-state index contributed by atoms with van der Waals surface area (Å²) in [7, 11) is -3.33. The maximum absolute atomic E-state index is 13.4. The lowest BCUT2D eigenvalue weighted by molar-refractivity contribution is -0.153. The fourth-order valence-corrected chi connectivity index (χ4v) is 5.60. The SMILES string of the molecule is CCOC(=O)C1CCN(C(=O)C2=C(C)C(=O)OC23CCN(S(=O)(=O)CC)CC3)CC1. The number of esters is 2. The van der Waals surface area contributed by atoms with Crippen molar-refractivity contribution in [2.75, 3.05) is 38.5 Å². The van der Waals surface area contributed by atoms with Gasteiger partial charge in [0, 0.05) is 44.6 Å². The van der Waals surface area contributed by atoms with Gasteiger partial charge in [-0.3, -0.25) is 9.59 Å². The first-order chi connectivity index (χ1) is 14.1. The van der Waals surface area contributed by atoms with E-state index < -0.39 is 21.6 Å². The van der Waals surface area contributed by atoms with Gasteiger partial charge in [0.25, 0.3) is 5.91 Å². The van der Waals surface area contributed by atoms with Crippen LogP contribution in [0.15, 0.2) is 11.1 Å². The molecule has 168 valence electrons. The lowest BCUT2D eigenvalue weighted by Gasteiger charge is -2.40. The Morgan fingerprint density at radius 1 is 1.13 bits per heavy atom. The second kappa shape index (κ2) is 8.66. The van der Waals surface area contributed by atoms with Crippen LogP contribution in [0.1, 0.15) is 46.5 Å². The van der Waals surface area contributed by atoms with Gasteiger partial charge in [0.15, 0.2) is 0 Å². The molecule has 0 aliphatic carbocycles. The third kappa shape index (κ3) is 4.12. The molecule has 3 aliphatic heterocycles. The van der Waals surface area contributed by atoms with Gasteiger partial charge in [0.2, 0.25) is 10.0 Å². The highest BCUT2D eigenvalue weighted by Gasteiger charge is 2.52. The molecule has 3 aliphatic rings. The minimum Gasteiger partial charge on any atom is -0.466 e. The van der Waals surface area contributed by atoms with Gasteiger partial charge in [0.05, 0.1) is 23.9 Å². The summed E-state index contributed by atoms with van der Waals surface area (Å²) in [6, 6.07) is 0. The van der Waals surface area contributed by atoms with Gasteiger partial charge in [-0.05, 0) is 33.6 Å². The van der Waals surface area contributed by atoms with Gasteiger partial charge in [0.1, 0.15) is 5.60 Å². The van der Waals surface area contributed by atoms with Crippen LogP contribution in [0, 0.1) is 5.92 Å². The van der Waals surface area contributed by atoms with Gasteiger partial charge in [-0.1, -0.05) is 0 Å². The van der Waals surface area contributed by atoms with E-state index in [1.54, 1.807) is 25.7 Å². The fraction of sp³-hybridized carbons (Fsp3) is 0.750. The largest absolute Gasteiger partial charge is 0.466 e. The molecule has 0 radical (unpaired) electrons. The topological polar surface area (TPSA) is 110 Å². The summed E-state index contributed by atoms with van der Waals surface area (Å²) in [6.45, 7) is 6.49. The normalized spacial score (nSPS) is 23.0. The van der Waals surface area contributed by atoms with Crippen LogP contribution < -0.4 is 0 Å². The molecule has 0 aromatic heterocycles. The third-order valence-electron chi connectivity index (χ3n) is 6.33. The number of likely N-dealkylation sites (tertiary alicyclic amines) is 1. The predicted octanol–water partition coefficient (Wildman–Crippen LogP) is 0.846. The van der Waals surface area contributed by atoms with Crippen LogP contribution in [0.25, 0.3) is 0 Å². The molecule has 0 unspecified atom stereocenters. The molecule has 3 heterocycles. The van der Waals surface area contributed by atoms with Crippen molar-refractivity contribution in [1.82, 2.24) is 9.21 Å². The smallest absolute Gasteiger partial charge is 0.335 e. The molecule has 10 heteroatoms. The second-order valence-corrected chi connectivity index (χ2v) is 10.3. The summed E-state index contributed by atoms with van der Waals surface area (Å²) in [5.74, 6) is -1.23. The van der Waals surface area contributed by atoms with E-state index in [-0.39, 0.29) is 49.5 Å². The van der Waals surface area contributed by atoms with E-state index in [0.717, 1.165) is 0 Å². The van der Waals surface area contributed by atoms with Gasteiger partial charge < -0.3 is 14.4 Å². The zero-order chi connectivity index (χ0) is 22.1. The monoisotopic (exact) mass is 442 g/mol. The Morgan fingerprint density at radius 3 is 2.27 bits per heavy atom. The van der Waals surface area contributed by atoms with Crippen molar-refractivity contribution in [2.45, 2.75) is 52.1 Å². The fourth-order valence-electron chi connectivity index (χ4n) is 4.50. The number of ether oxygens (including phenoxy) is 2. The number of hydrogen-bond donors (Lipinski definition) is 0. The minimum absolute atomic E-state index is 0.00977. The third-order valence-corrected chi connectivity index (χ3v) is 8.21. The molecule has 0 bridgehead atoms. The summed E-state index contributed by atoms with van der Waals surface area (Å²) in [4.78, 5) is 39.3. The van der Waals surface area contributed by atoms with Crippen LogP contribution >= 0.6 is 0 Å². The summed E-state index contributed by atoms with van der Waals surface area (Å²) in [5.41, 5.74) is -0.439. The lowest BCUT2D eigenvalue weighted by Crippen LogP contribution is -2.51. The van der Waals surface area contributed by atoms with Gasteiger partial charge in [-0.2, -0.15) is 0 Å². The van der Waals surface area contributed by atoms with E-state index in [1.165, 1.54) is 4.31 Å². The van der Waals surface area contributed by atoms with Crippen LogP contribution in [0.2, 0.25) is 0 Å². The molecule has 9 nitrogen and oxygen atoms in total. The first-order valence-corrected chi connectivity index (χ1v) is 12.1.